The van der Waals surface area contributed by atoms with Crippen molar-refractivity contribution in [1.82, 2.24) is 24.3 Å². The first-order valence-corrected chi connectivity index (χ1v) is 9.47. The number of rotatable bonds is 6. The van der Waals surface area contributed by atoms with Crippen LogP contribution in [-0.2, 0) is 6.54 Å². The standard InChI is InChI=1S/C20H31N5O/c1-20(2,3)16-24-12-11-23(14-17(24)7-13-26)15-18-6-4-10-25(18)19-21-8-5-9-22-19/h4-6,8-10,17,26H,7,11-16H2,1-3H3. The summed E-state index contributed by atoms with van der Waals surface area (Å²) in [6.07, 6.45) is 6.39. The van der Waals surface area contributed by atoms with Crippen LogP contribution in [0.2, 0.25) is 0 Å². The molecule has 0 aromatic carbocycles. The van der Waals surface area contributed by atoms with Crippen molar-refractivity contribution in [3.63, 3.8) is 0 Å². The Balaban J connectivity index is 1.68. The Labute approximate surface area is 156 Å². The van der Waals surface area contributed by atoms with Crippen LogP contribution in [0.3, 0.4) is 0 Å². The van der Waals surface area contributed by atoms with E-state index in [4.69, 9.17) is 0 Å². The van der Waals surface area contributed by atoms with E-state index in [0.717, 1.165) is 39.1 Å². The third kappa shape index (κ3) is 4.90. The predicted molar refractivity (Wildman–Crippen MR) is 103 cm³/mol. The van der Waals surface area contributed by atoms with Gasteiger partial charge in [-0.2, -0.15) is 0 Å². The fourth-order valence-electron chi connectivity index (χ4n) is 3.73. The number of aromatic nitrogens is 3. The van der Waals surface area contributed by atoms with Crippen molar-refractivity contribution in [2.75, 3.05) is 32.8 Å². The Bertz CT molecular complexity index is 679. The number of hydrogen-bond donors (Lipinski definition) is 1. The van der Waals surface area contributed by atoms with Gasteiger partial charge in [-0.25, -0.2) is 9.97 Å². The average Bonchev–Trinajstić information content (AvgIpc) is 3.05. The Morgan fingerprint density at radius 1 is 1.15 bits per heavy atom. The second-order valence-corrected chi connectivity index (χ2v) is 8.35. The van der Waals surface area contributed by atoms with Gasteiger partial charge in [0.2, 0.25) is 5.95 Å². The largest absolute Gasteiger partial charge is 0.396 e. The maximum Gasteiger partial charge on any atom is 0.233 e. The van der Waals surface area contributed by atoms with E-state index in [-0.39, 0.29) is 12.0 Å². The summed E-state index contributed by atoms with van der Waals surface area (Å²) in [6, 6.07) is 6.43. The van der Waals surface area contributed by atoms with Crippen molar-refractivity contribution < 1.29 is 5.11 Å². The highest BCUT2D eigenvalue weighted by Gasteiger charge is 2.29. The van der Waals surface area contributed by atoms with Crippen molar-refractivity contribution in [3.8, 4) is 5.95 Å². The lowest BCUT2D eigenvalue weighted by molar-refractivity contribution is 0.0333. The summed E-state index contributed by atoms with van der Waals surface area (Å²) < 4.78 is 2.06. The molecule has 0 bridgehead atoms. The fraction of sp³-hybridized carbons (Fsp3) is 0.600. The second kappa shape index (κ2) is 8.29. The van der Waals surface area contributed by atoms with Crippen LogP contribution in [-0.4, -0.2) is 68.3 Å². The van der Waals surface area contributed by atoms with Crippen LogP contribution in [0.15, 0.2) is 36.8 Å². The number of nitrogens with zero attached hydrogens (tertiary/aromatic N) is 5. The molecule has 6 heteroatoms. The monoisotopic (exact) mass is 357 g/mol. The van der Waals surface area contributed by atoms with Gasteiger partial charge in [0, 0.05) is 69.7 Å². The molecule has 0 spiro atoms. The number of piperazine rings is 1. The molecule has 1 aliphatic heterocycles. The summed E-state index contributed by atoms with van der Waals surface area (Å²) in [6.45, 7) is 12.1. The molecule has 1 saturated heterocycles. The number of hydrogen-bond acceptors (Lipinski definition) is 5. The van der Waals surface area contributed by atoms with Gasteiger partial charge in [-0.3, -0.25) is 14.4 Å². The minimum Gasteiger partial charge on any atom is -0.396 e. The van der Waals surface area contributed by atoms with Gasteiger partial charge < -0.3 is 5.11 Å². The van der Waals surface area contributed by atoms with Gasteiger partial charge in [-0.1, -0.05) is 20.8 Å². The van der Waals surface area contributed by atoms with Crippen LogP contribution in [0.4, 0.5) is 0 Å². The Morgan fingerprint density at radius 3 is 2.62 bits per heavy atom. The van der Waals surface area contributed by atoms with E-state index in [1.165, 1.54) is 5.69 Å². The molecular formula is C20H31N5O. The zero-order valence-corrected chi connectivity index (χ0v) is 16.2. The fourth-order valence-corrected chi connectivity index (χ4v) is 3.73. The Morgan fingerprint density at radius 2 is 1.92 bits per heavy atom. The molecule has 0 saturated carbocycles. The van der Waals surface area contributed by atoms with Crippen LogP contribution in [0.25, 0.3) is 5.95 Å². The molecule has 26 heavy (non-hydrogen) atoms. The van der Waals surface area contributed by atoms with Crippen molar-refractivity contribution in [2.24, 2.45) is 5.41 Å². The molecule has 1 fully saturated rings. The molecule has 2 aromatic rings. The van der Waals surface area contributed by atoms with E-state index in [9.17, 15) is 5.11 Å². The first kappa shape index (κ1) is 19.0. The highest BCUT2D eigenvalue weighted by molar-refractivity contribution is 5.20. The molecule has 1 aliphatic rings. The van der Waals surface area contributed by atoms with Crippen molar-refractivity contribution >= 4 is 0 Å². The second-order valence-electron chi connectivity index (χ2n) is 8.35. The predicted octanol–water partition coefficient (Wildman–Crippen LogP) is 2.18. The molecule has 142 valence electrons. The quantitative estimate of drug-likeness (QED) is 0.859. The molecule has 3 rings (SSSR count). The van der Waals surface area contributed by atoms with Gasteiger partial charge in [-0.05, 0) is 30.0 Å². The maximum atomic E-state index is 9.50. The summed E-state index contributed by atoms with van der Waals surface area (Å²) in [5.41, 5.74) is 1.47. The molecule has 1 atom stereocenters. The maximum absolute atomic E-state index is 9.50. The summed E-state index contributed by atoms with van der Waals surface area (Å²) in [4.78, 5) is 13.8. The van der Waals surface area contributed by atoms with Crippen molar-refractivity contribution in [2.45, 2.75) is 39.8 Å². The van der Waals surface area contributed by atoms with Crippen molar-refractivity contribution in [3.05, 3.63) is 42.5 Å². The lowest BCUT2D eigenvalue weighted by Crippen LogP contribution is -2.55. The molecule has 1 N–H and O–H groups in total. The van der Waals surface area contributed by atoms with Gasteiger partial charge >= 0.3 is 0 Å². The minimum absolute atomic E-state index is 0.243. The highest BCUT2D eigenvalue weighted by Crippen LogP contribution is 2.22. The van der Waals surface area contributed by atoms with E-state index in [1.807, 2.05) is 18.3 Å². The third-order valence-corrected chi connectivity index (χ3v) is 4.81. The van der Waals surface area contributed by atoms with Gasteiger partial charge in [-0.15, -0.1) is 0 Å². The van der Waals surface area contributed by atoms with E-state index >= 15 is 0 Å². The zero-order valence-electron chi connectivity index (χ0n) is 16.2. The highest BCUT2D eigenvalue weighted by atomic mass is 16.3. The number of aliphatic hydroxyl groups excluding tert-OH is 1. The topological polar surface area (TPSA) is 57.4 Å². The lowest BCUT2D eigenvalue weighted by atomic mass is 9.94. The average molecular weight is 358 g/mol. The summed E-state index contributed by atoms with van der Waals surface area (Å²) >= 11 is 0. The molecule has 2 aromatic heterocycles. The molecule has 1 unspecified atom stereocenters. The third-order valence-electron chi connectivity index (χ3n) is 4.81. The van der Waals surface area contributed by atoms with Crippen LogP contribution < -0.4 is 0 Å². The van der Waals surface area contributed by atoms with Crippen molar-refractivity contribution in [1.29, 1.82) is 0 Å². The van der Waals surface area contributed by atoms with E-state index in [0.29, 0.717) is 12.0 Å². The lowest BCUT2D eigenvalue weighted by Gasteiger charge is -2.44. The van der Waals surface area contributed by atoms with Crippen LogP contribution in [0.5, 0.6) is 0 Å². The van der Waals surface area contributed by atoms with E-state index in [1.54, 1.807) is 12.4 Å². The van der Waals surface area contributed by atoms with Crippen LogP contribution in [0.1, 0.15) is 32.9 Å². The Kier molecular flexibility index (Phi) is 6.06. The molecule has 6 nitrogen and oxygen atoms in total. The molecule has 0 amide bonds. The first-order valence-electron chi connectivity index (χ1n) is 9.47. The molecule has 3 heterocycles. The minimum atomic E-state index is 0.243. The first-order chi connectivity index (χ1) is 12.5. The van der Waals surface area contributed by atoms with Crippen LogP contribution >= 0.6 is 0 Å². The molecule has 0 radical (unpaired) electrons. The van der Waals surface area contributed by atoms with Gasteiger partial charge in [0.25, 0.3) is 0 Å². The Hall–Kier alpha value is -1.76. The normalized spacial score (nSPS) is 19.8. The van der Waals surface area contributed by atoms with E-state index < -0.39 is 0 Å². The van der Waals surface area contributed by atoms with Gasteiger partial charge in [0.15, 0.2) is 0 Å². The van der Waals surface area contributed by atoms with Gasteiger partial charge in [0.05, 0.1) is 0 Å². The number of aliphatic hydroxyl groups is 1. The molecular weight excluding hydrogens is 326 g/mol. The summed E-state index contributed by atoms with van der Waals surface area (Å²) in [7, 11) is 0. The summed E-state index contributed by atoms with van der Waals surface area (Å²) in [5.74, 6) is 0.714. The SMILES string of the molecule is CC(C)(C)CN1CCN(Cc2cccn2-c2ncccn2)CC1CCO. The van der Waals surface area contributed by atoms with Gasteiger partial charge in [0.1, 0.15) is 0 Å². The van der Waals surface area contributed by atoms with E-state index in [2.05, 4.69) is 51.2 Å². The van der Waals surface area contributed by atoms with Crippen LogP contribution in [0, 0.1) is 5.41 Å². The zero-order chi connectivity index (χ0) is 18.6. The smallest absolute Gasteiger partial charge is 0.233 e. The summed E-state index contributed by atoms with van der Waals surface area (Å²) in [5, 5.41) is 9.50. The molecule has 0 aliphatic carbocycles.